The van der Waals surface area contributed by atoms with E-state index in [1.165, 1.54) is 6.07 Å². The van der Waals surface area contributed by atoms with Crippen molar-refractivity contribution in [3.8, 4) is 6.07 Å². The molecule has 0 aliphatic heterocycles. The molecule has 1 aromatic carbocycles. The van der Waals surface area contributed by atoms with Gasteiger partial charge < -0.3 is 5.73 Å². The van der Waals surface area contributed by atoms with Crippen LogP contribution in [0.2, 0.25) is 0 Å². The number of nitrogens with two attached hydrogens (primary N) is 1. The molecule has 0 atom stereocenters. The molecule has 2 N–H and O–H groups in total. The third-order valence-electron chi connectivity index (χ3n) is 1.91. The van der Waals surface area contributed by atoms with E-state index in [-0.39, 0.29) is 12.0 Å². The number of halogens is 2. The molecule has 1 aromatic rings. The van der Waals surface area contributed by atoms with Crippen LogP contribution in [0.15, 0.2) is 18.2 Å². The lowest BCUT2D eigenvalue weighted by molar-refractivity contribution is 0.150. The average Bonchev–Trinajstić information content (AvgIpc) is 2.15. The first-order valence-electron chi connectivity index (χ1n) is 4.18. The molecule has 0 saturated heterocycles. The first-order chi connectivity index (χ1) is 6.65. The molecule has 0 aliphatic carbocycles. The van der Waals surface area contributed by atoms with Gasteiger partial charge in [-0.25, -0.2) is 8.78 Å². The highest BCUT2D eigenvalue weighted by atomic mass is 19.3. The summed E-state index contributed by atoms with van der Waals surface area (Å²) in [6.07, 6.45) is -1.95. The summed E-state index contributed by atoms with van der Waals surface area (Å²) in [6, 6.07) is 6.30. The highest BCUT2D eigenvalue weighted by Gasteiger charge is 2.12. The van der Waals surface area contributed by atoms with Crippen LogP contribution in [0.25, 0.3) is 0 Å². The fraction of sp³-hybridized carbons (Fsp3) is 0.300. The predicted molar refractivity (Wildman–Crippen MR) is 49.7 cm³/mol. The van der Waals surface area contributed by atoms with Crippen LogP contribution in [0.1, 0.15) is 24.0 Å². The van der Waals surface area contributed by atoms with Crippen LogP contribution < -0.4 is 5.73 Å². The van der Waals surface area contributed by atoms with E-state index < -0.39 is 6.43 Å². The molecule has 0 bridgehead atoms. The summed E-state index contributed by atoms with van der Waals surface area (Å²) in [5, 5.41) is 8.35. The second kappa shape index (κ2) is 4.56. The van der Waals surface area contributed by atoms with Crippen molar-refractivity contribution in [1.29, 1.82) is 5.26 Å². The van der Waals surface area contributed by atoms with Gasteiger partial charge in [-0.05, 0) is 24.1 Å². The van der Waals surface area contributed by atoms with Gasteiger partial charge in [0.2, 0.25) is 0 Å². The molecular formula is C10H10F2N2. The smallest absolute Gasteiger partial charge is 0.264 e. The number of rotatable bonds is 3. The Hall–Kier alpha value is -1.63. The minimum atomic E-state index is -2.54. The number of hydrogen-bond donors (Lipinski definition) is 1. The molecule has 0 fully saturated rings. The van der Waals surface area contributed by atoms with Crippen molar-refractivity contribution in [2.75, 3.05) is 5.73 Å². The molecule has 0 saturated carbocycles. The molecule has 74 valence electrons. The van der Waals surface area contributed by atoms with Crippen LogP contribution in [0.3, 0.4) is 0 Å². The molecule has 0 aromatic heterocycles. The van der Waals surface area contributed by atoms with Crippen molar-refractivity contribution in [3.63, 3.8) is 0 Å². The van der Waals surface area contributed by atoms with Crippen LogP contribution >= 0.6 is 0 Å². The first kappa shape index (κ1) is 10.5. The minimum absolute atomic E-state index is 0.0692. The predicted octanol–water partition coefficient (Wildman–Crippen LogP) is 2.66. The first-order valence-corrected chi connectivity index (χ1v) is 4.18. The lowest BCUT2D eigenvalue weighted by Crippen LogP contribution is -1.97. The van der Waals surface area contributed by atoms with Crippen LogP contribution in [0.4, 0.5) is 14.5 Å². The van der Waals surface area contributed by atoms with E-state index in [1.807, 2.05) is 6.07 Å². The van der Waals surface area contributed by atoms with Gasteiger partial charge in [-0.3, -0.25) is 0 Å². The third-order valence-corrected chi connectivity index (χ3v) is 1.91. The lowest BCUT2D eigenvalue weighted by Gasteiger charge is -2.07. The number of nitriles is 1. The number of alkyl halides is 2. The summed E-state index contributed by atoms with van der Waals surface area (Å²) in [5.41, 5.74) is 6.14. The van der Waals surface area contributed by atoms with E-state index in [1.54, 1.807) is 12.1 Å². The fourth-order valence-corrected chi connectivity index (χ4v) is 1.23. The van der Waals surface area contributed by atoms with Crippen molar-refractivity contribution >= 4 is 5.69 Å². The normalized spacial score (nSPS) is 10.1. The van der Waals surface area contributed by atoms with Crippen LogP contribution in [-0.2, 0) is 6.42 Å². The number of benzene rings is 1. The Morgan fingerprint density at radius 2 is 2.14 bits per heavy atom. The maximum atomic E-state index is 12.5. The molecule has 0 heterocycles. The molecule has 14 heavy (non-hydrogen) atoms. The van der Waals surface area contributed by atoms with Crippen molar-refractivity contribution in [2.45, 2.75) is 19.3 Å². The Morgan fingerprint density at radius 3 is 2.71 bits per heavy atom. The second-order valence-electron chi connectivity index (χ2n) is 2.92. The Bertz CT molecular complexity index is 356. The molecular weight excluding hydrogens is 186 g/mol. The zero-order chi connectivity index (χ0) is 10.6. The lowest BCUT2D eigenvalue weighted by atomic mass is 10.0. The third kappa shape index (κ3) is 2.43. The molecule has 4 heteroatoms. The molecule has 0 spiro atoms. The summed E-state index contributed by atoms with van der Waals surface area (Å²) in [5.74, 6) is 0. The van der Waals surface area contributed by atoms with Gasteiger partial charge in [-0.2, -0.15) is 5.26 Å². The van der Waals surface area contributed by atoms with Gasteiger partial charge in [-0.1, -0.05) is 6.07 Å². The van der Waals surface area contributed by atoms with Gasteiger partial charge in [0, 0.05) is 17.7 Å². The Morgan fingerprint density at radius 1 is 1.43 bits per heavy atom. The van der Waals surface area contributed by atoms with E-state index in [0.717, 1.165) is 0 Å². The van der Waals surface area contributed by atoms with Crippen LogP contribution in [-0.4, -0.2) is 0 Å². The summed E-state index contributed by atoms with van der Waals surface area (Å²) in [7, 11) is 0. The van der Waals surface area contributed by atoms with Gasteiger partial charge in [0.25, 0.3) is 6.43 Å². The van der Waals surface area contributed by atoms with E-state index >= 15 is 0 Å². The van der Waals surface area contributed by atoms with Crippen molar-refractivity contribution in [1.82, 2.24) is 0 Å². The second-order valence-corrected chi connectivity index (χ2v) is 2.92. The summed E-state index contributed by atoms with van der Waals surface area (Å²) >= 11 is 0. The maximum absolute atomic E-state index is 12.5. The van der Waals surface area contributed by atoms with E-state index in [0.29, 0.717) is 17.7 Å². The minimum Gasteiger partial charge on any atom is -0.399 e. The standard InChI is InChI=1S/C10H10F2N2/c11-10(12)9-6-8(14)4-3-7(9)2-1-5-13/h3-4,6,10H,1-2,14H2. The quantitative estimate of drug-likeness (QED) is 0.755. The molecule has 1 rings (SSSR count). The molecule has 2 nitrogen and oxygen atoms in total. The maximum Gasteiger partial charge on any atom is 0.264 e. The Labute approximate surface area is 81.0 Å². The Balaban J connectivity index is 2.97. The highest BCUT2D eigenvalue weighted by Crippen LogP contribution is 2.25. The molecule has 0 amide bonds. The van der Waals surface area contributed by atoms with E-state index in [9.17, 15) is 8.78 Å². The topological polar surface area (TPSA) is 49.8 Å². The zero-order valence-corrected chi connectivity index (χ0v) is 7.50. The molecule has 0 unspecified atom stereocenters. The fourth-order valence-electron chi connectivity index (χ4n) is 1.23. The van der Waals surface area contributed by atoms with E-state index in [4.69, 9.17) is 11.0 Å². The largest absolute Gasteiger partial charge is 0.399 e. The van der Waals surface area contributed by atoms with Crippen molar-refractivity contribution in [3.05, 3.63) is 29.3 Å². The van der Waals surface area contributed by atoms with Gasteiger partial charge in [-0.15, -0.1) is 0 Å². The summed E-state index contributed by atoms with van der Waals surface area (Å²) in [4.78, 5) is 0. The summed E-state index contributed by atoms with van der Waals surface area (Å²) < 4.78 is 25.0. The van der Waals surface area contributed by atoms with Gasteiger partial charge in [0.05, 0.1) is 6.07 Å². The van der Waals surface area contributed by atoms with Gasteiger partial charge in [0.1, 0.15) is 0 Å². The van der Waals surface area contributed by atoms with E-state index in [2.05, 4.69) is 0 Å². The monoisotopic (exact) mass is 196 g/mol. The van der Waals surface area contributed by atoms with Crippen LogP contribution in [0.5, 0.6) is 0 Å². The SMILES string of the molecule is N#CCCc1ccc(N)cc1C(F)F. The van der Waals surface area contributed by atoms with Crippen molar-refractivity contribution in [2.24, 2.45) is 0 Å². The Kier molecular flexibility index (Phi) is 3.41. The number of anilines is 1. The molecule has 0 aliphatic rings. The molecule has 0 radical (unpaired) electrons. The van der Waals surface area contributed by atoms with Gasteiger partial charge in [0.15, 0.2) is 0 Å². The van der Waals surface area contributed by atoms with Gasteiger partial charge >= 0.3 is 0 Å². The average molecular weight is 196 g/mol. The zero-order valence-electron chi connectivity index (χ0n) is 7.50. The number of aryl methyl sites for hydroxylation is 1. The number of nitrogens with zero attached hydrogens (tertiary/aromatic N) is 1. The highest BCUT2D eigenvalue weighted by molar-refractivity contribution is 5.45. The van der Waals surface area contributed by atoms with Crippen molar-refractivity contribution < 1.29 is 8.78 Å². The summed E-state index contributed by atoms with van der Waals surface area (Å²) in [6.45, 7) is 0. The number of hydrogen-bond acceptors (Lipinski definition) is 2. The van der Waals surface area contributed by atoms with Crippen LogP contribution in [0, 0.1) is 11.3 Å². The number of nitrogen functional groups attached to an aromatic ring is 1.